The highest BCUT2D eigenvalue weighted by Gasteiger charge is 2.18. The van der Waals surface area contributed by atoms with Gasteiger partial charge in [0.15, 0.2) is 0 Å². The van der Waals surface area contributed by atoms with Crippen LogP contribution in [0.15, 0.2) is 0 Å². The van der Waals surface area contributed by atoms with E-state index in [0.29, 0.717) is 5.92 Å². The molecule has 0 aromatic carbocycles. The van der Waals surface area contributed by atoms with Gasteiger partial charge in [-0.2, -0.15) is 5.10 Å². The number of halogens is 1. The Balaban J connectivity index is 2.72. The number of aromatic nitrogens is 2. The highest BCUT2D eigenvalue weighted by molar-refractivity contribution is 6.31. The van der Waals surface area contributed by atoms with Gasteiger partial charge in [-0.05, 0) is 53.0 Å². The number of rotatable bonds is 6. The zero-order valence-electron chi connectivity index (χ0n) is 13.2. The molecule has 0 saturated heterocycles. The van der Waals surface area contributed by atoms with Crippen molar-refractivity contribution in [3.05, 3.63) is 16.4 Å². The summed E-state index contributed by atoms with van der Waals surface area (Å²) in [5, 5.41) is 8.83. The van der Waals surface area contributed by atoms with E-state index in [-0.39, 0.29) is 5.54 Å². The van der Waals surface area contributed by atoms with Gasteiger partial charge in [0.05, 0.1) is 16.4 Å². The molecule has 1 rings (SSSR count). The fourth-order valence-corrected chi connectivity index (χ4v) is 2.55. The summed E-state index contributed by atoms with van der Waals surface area (Å²) in [5.74, 6) is 0.608. The SMILES string of the molecule is CCCC(CNC(C)(C)C)Cc1c(Cl)c(C)nn1C. The van der Waals surface area contributed by atoms with E-state index in [2.05, 4.69) is 38.1 Å². The number of hydrogen-bond acceptors (Lipinski definition) is 2. The molecule has 0 radical (unpaired) electrons. The molecule has 1 aromatic rings. The van der Waals surface area contributed by atoms with Crippen LogP contribution in [0.25, 0.3) is 0 Å². The van der Waals surface area contributed by atoms with Crippen molar-refractivity contribution in [1.82, 2.24) is 15.1 Å². The van der Waals surface area contributed by atoms with E-state index in [1.54, 1.807) is 0 Å². The molecule has 1 N–H and O–H groups in total. The van der Waals surface area contributed by atoms with Crippen LogP contribution >= 0.6 is 11.6 Å². The summed E-state index contributed by atoms with van der Waals surface area (Å²) < 4.78 is 1.93. The van der Waals surface area contributed by atoms with Crippen molar-refractivity contribution >= 4 is 11.6 Å². The predicted octanol–water partition coefficient (Wildman–Crippen LogP) is 3.73. The third-order valence-electron chi connectivity index (χ3n) is 3.36. The molecule has 1 aromatic heterocycles. The van der Waals surface area contributed by atoms with Gasteiger partial charge in [-0.15, -0.1) is 0 Å². The number of hydrogen-bond donors (Lipinski definition) is 1. The molecule has 0 aliphatic rings. The molecule has 0 saturated carbocycles. The Morgan fingerprint density at radius 3 is 2.42 bits per heavy atom. The van der Waals surface area contributed by atoms with Crippen molar-refractivity contribution in [3.8, 4) is 0 Å². The lowest BCUT2D eigenvalue weighted by molar-refractivity contribution is 0.351. The summed E-state index contributed by atoms with van der Waals surface area (Å²) in [5.41, 5.74) is 2.25. The standard InChI is InChI=1S/C15H28ClN3/c1-7-8-12(10-17-15(3,4)5)9-13-14(16)11(2)18-19(13)6/h12,17H,7-10H2,1-6H3. The van der Waals surface area contributed by atoms with Gasteiger partial charge in [-0.1, -0.05) is 24.9 Å². The molecular formula is C15H28ClN3. The van der Waals surface area contributed by atoms with E-state index < -0.39 is 0 Å². The van der Waals surface area contributed by atoms with E-state index in [4.69, 9.17) is 11.6 Å². The van der Waals surface area contributed by atoms with Gasteiger partial charge in [-0.25, -0.2) is 0 Å². The Hall–Kier alpha value is -0.540. The normalized spacial score (nSPS) is 13.8. The Bertz CT molecular complexity index is 404. The fraction of sp³-hybridized carbons (Fsp3) is 0.800. The average Bonchev–Trinajstić information content (AvgIpc) is 2.52. The van der Waals surface area contributed by atoms with Crippen LogP contribution in [0.3, 0.4) is 0 Å². The molecule has 0 aliphatic carbocycles. The first-order valence-corrected chi connectivity index (χ1v) is 7.55. The summed E-state index contributed by atoms with van der Waals surface area (Å²) >= 11 is 6.34. The van der Waals surface area contributed by atoms with Crippen LogP contribution in [0.4, 0.5) is 0 Å². The molecule has 0 amide bonds. The lowest BCUT2D eigenvalue weighted by Gasteiger charge is -2.25. The van der Waals surface area contributed by atoms with E-state index in [9.17, 15) is 0 Å². The van der Waals surface area contributed by atoms with Gasteiger partial charge in [0.2, 0.25) is 0 Å². The maximum Gasteiger partial charge on any atom is 0.0847 e. The summed E-state index contributed by atoms with van der Waals surface area (Å²) in [6.07, 6.45) is 3.40. The largest absolute Gasteiger partial charge is 0.312 e. The first-order valence-electron chi connectivity index (χ1n) is 7.17. The molecule has 0 bridgehead atoms. The van der Waals surface area contributed by atoms with Crippen molar-refractivity contribution in [2.24, 2.45) is 13.0 Å². The molecule has 4 heteroatoms. The first-order chi connectivity index (χ1) is 8.74. The molecular weight excluding hydrogens is 258 g/mol. The van der Waals surface area contributed by atoms with Gasteiger partial charge in [0.1, 0.15) is 0 Å². The molecule has 3 nitrogen and oxygen atoms in total. The number of aryl methyl sites for hydroxylation is 2. The van der Waals surface area contributed by atoms with Gasteiger partial charge in [0, 0.05) is 12.6 Å². The van der Waals surface area contributed by atoms with Crippen molar-refractivity contribution < 1.29 is 0 Å². The maximum atomic E-state index is 6.34. The second-order valence-electron chi connectivity index (χ2n) is 6.46. The summed E-state index contributed by atoms with van der Waals surface area (Å²) in [4.78, 5) is 0. The lowest BCUT2D eigenvalue weighted by Crippen LogP contribution is -2.39. The predicted molar refractivity (Wildman–Crippen MR) is 82.8 cm³/mol. The van der Waals surface area contributed by atoms with Crippen molar-refractivity contribution in [3.63, 3.8) is 0 Å². The topological polar surface area (TPSA) is 29.9 Å². The minimum absolute atomic E-state index is 0.165. The lowest BCUT2D eigenvalue weighted by atomic mass is 9.96. The zero-order chi connectivity index (χ0) is 14.6. The Morgan fingerprint density at radius 2 is 2.00 bits per heavy atom. The number of nitrogens with one attached hydrogen (secondary N) is 1. The van der Waals surface area contributed by atoms with Gasteiger partial charge >= 0.3 is 0 Å². The van der Waals surface area contributed by atoms with Crippen LogP contribution in [0.1, 0.15) is 51.9 Å². The smallest absolute Gasteiger partial charge is 0.0847 e. The van der Waals surface area contributed by atoms with E-state index in [1.807, 2.05) is 18.7 Å². The molecule has 110 valence electrons. The highest BCUT2D eigenvalue weighted by atomic mass is 35.5. The molecule has 1 atom stereocenters. The molecule has 1 heterocycles. The Kier molecular flexibility index (Phi) is 5.87. The van der Waals surface area contributed by atoms with Crippen molar-refractivity contribution in [2.75, 3.05) is 6.54 Å². The Morgan fingerprint density at radius 1 is 1.37 bits per heavy atom. The van der Waals surface area contributed by atoms with Gasteiger partial charge < -0.3 is 5.32 Å². The number of nitrogens with zero attached hydrogens (tertiary/aromatic N) is 2. The van der Waals surface area contributed by atoms with Crippen molar-refractivity contribution in [2.45, 2.75) is 59.4 Å². The minimum Gasteiger partial charge on any atom is -0.312 e. The average molecular weight is 286 g/mol. The zero-order valence-corrected chi connectivity index (χ0v) is 13.9. The van der Waals surface area contributed by atoms with Gasteiger partial charge in [0.25, 0.3) is 0 Å². The molecule has 0 spiro atoms. The van der Waals surface area contributed by atoms with Crippen LogP contribution in [-0.2, 0) is 13.5 Å². The molecule has 0 fully saturated rings. The third-order valence-corrected chi connectivity index (χ3v) is 3.85. The van der Waals surface area contributed by atoms with Gasteiger partial charge in [-0.3, -0.25) is 4.68 Å². The van der Waals surface area contributed by atoms with Crippen LogP contribution in [0, 0.1) is 12.8 Å². The van der Waals surface area contributed by atoms with Crippen LogP contribution in [0.5, 0.6) is 0 Å². The molecule has 1 unspecified atom stereocenters. The molecule has 0 aliphatic heterocycles. The summed E-state index contributed by atoms with van der Waals surface area (Å²) in [7, 11) is 1.98. The fourth-order valence-electron chi connectivity index (χ4n) is 2.31. The highest BCUT2D eigenvalue weighted by Crippen LogP contribution is 2.24. The first kappa shape index (κ1) is 16.5. The van der Waals surface area contributed by atoms with Crippen LogP contribution in [-0.4, -0.2) is 21.9 Å². The second kappa shape index (κ2) is 6.76. The van der Waals surface area contributed by atoms with Crippen molar-refractivity contribution in [1.29, 1.82) is 0 Å². The van der Waals surface area contributed by atoms with E-state index >= 15 is 0 Å². The summed E-state index contributed by atoms with van der Waals surface area (Å²) in [6.45, 7) is 11.8. The quantitative estimate of drug-likeness (QED) is 0.863. The summed E-state index contributed by atoms with van der Waals surface area (Å²) in [6, 6.07) is 0. The molecule has 19 heavy (non-hydrogen) atoms. The minimum atomic E-state index is 0.165. The monoisotopic (exact) mass is 285 g/mol. The Labute approximate surface area is 122 Å². The second-order valence-corrected chi connectivity index (χ2v) is 6.84. The maximum absolute atomic E-state index is 6.34. The van der Waals surface area contributed by atoms with Crippen LogP contribution < -0.4 is 5.32 Å². The van der Waals surface area contributed by atoms with Crippen LogP contribution in [0.2, 0.25) is 5.02 Å². The van der Waals surface area contributed by atoms with E-state index in [0.717, 1.165) is 29.4 Å². The van der Waals surface area contributed by atoms with E-state index in [1.165, 1.54) is 12.8 Å². The third kappa shape index (κ3) is 5.15.